The number of fused-ring (bicyclic) bond motifs is 1. The van der Waals surface area contributed by atoms with Gasteiger partial charge in [0, 0.05) is 34.7 Å². The fourth-order valence-electron chi connectivity index (χ4n) is 3.34. The standard InChI is InChI=1S/C23H17Cl2NO3/c24-17-8-9-20(25)22(12-17)29-18-5-3-4-15(10-18)13-26-14-16(11-23(27)28)19-6-1-2-7-21(19)26/h1-10,12,14H,11,13H2,(H,27,28). The van der Waals surface area contributed by atoms with Gasteiger partial charge < -0.3 is 14.4 Å². The van der Waals surface area contributed by atoms with E-state index in [-0.39, 0.29) is 6.42 Å². The molecular formula is C23H17Cl2NO3. The van der Waals surface area contributed by atoms with Gasteiger partial charge in [0.25, 0.3) is 0 Å². The van der Waals surface area contributed by atoms with Crippen molar-refractivity contribution in [2.24, 2.45) is 0 Å². The van der Waals surface area contributed by atoms with Crippen LogP contribution in [0.4, 0.5) is 0 Å². The summed E-state index contributed by atoms with van der Waals surface area (Å²) in [4.78, 5) is 11.2. The van der Waals surface area contributed by atoms with Crippen molar-refractivity contribution in [3.8, 4) is 11.5 Å². The fraction of sp³-hybridized carbons (Fsp3) is 0.0870. The smallest absolute Gasteiger partial charge is 0.307 e. The average Bonchev–Trinajstić information content (AvgIpc) is 3.02. The van der Waals surface area contributed by atoms with E-state index in [2.05, 4.69) is 4.57 Å². The number of para-hydroxylation sites is 1. The molecule has 0 aliphatic heterocycles. The maximum absolute atomic E-state index is 11.2. The summed E-state index contributed by atoms with van der Waals surface area (Å²) in [5.74, 6) is 0.294. The summed E-state index contributed by atoms with van der Waals surface area (Å²) in [5, 5.41) is 11.2. The molecule has 3 aromatic carbocycles. The van der Waals surface area contributed by atoms with Crippen LogP contribution in [0.3, 0.4) is 0 Å². The van der Waals surface area contributed by atoms with Gasteiger partial charge in [0.05, 0.1) is 11.4 Å². The number of aliphatic carboxylic acids is 1. The van der Waals surface area contributed by atoms with Crippen LogP contribution < -0.4 is 4.74 Å². The van der Waals surface area contributed by atoms with Crippen molar-refractivity contribution in [3.63, 3.8) is 0 Å². The van der Waals surface area contributed by atoms with E-state index in [4.69, 9.17) is 27.9 Å². The van der Waals surface area contributed by atoms with Crippen LogP contribution in [0.25, 0.3) is 10.9 Å². The Kier molecular flexibility index (Phi) is 5.47. The number of aromatic nitrogens is 1. The highest BCUT2D eigenvalue weighted by Crippen LogP contribution is 2.32. The molecule has 29 heavy (non-hydrogen) atoms. The monoisotopic (exact) mass is 425 g/mol. The summed E-state index contributed by atoms with van der Waals surface area (Å²) >= 11 is 12.2. The number of ether oxygens (including phenoxy) is 1. The van der Waals surface area contributed by atoms with E-state index in [0.29, 0.717) is 28.1 Å². The van der Waals surface area contributed by atoms with Gasteiger partial charge >= 0.3 is 5.97 Å². The molecule has 1 heterocycles. The third-order valence-electron chi connectivity index (χ3n) is 4.59. The first-order valence-corrected chi connectivity index (χ1v) is 9.75. The molecule has 4 nitrogen and oxygen atoms in total. The van der Waals surface area contributed by atoms with Crippen molar-refractivity contribution in [2.75, 3.05) is 0 Å². The Bertz CT molecular complexity index is 1200. The number of carboxylic acid groups (broad SMARTS) is 1. The van der Waals surface area contributed by atoms with Crippen LogP contribution in [0.15, 0.2) is 72.9 Å². The molecule has 4 rings (SSSR count). The fourth-order valence-corrected chi connectivity index (χ4v) is 3.66. The van der Waals surface area contributed by atoms with Gasteiger partial charge in [-0.25, -0.2) is 0 Å². The van der Waals surface area contributed by atoms with Crippen molar-refractivity contribution < 1.29 is 14.6 Å². The lowest BCUT2D eigenvalue weighted by Crippen LogP contribution is -2.00. The Balaban J connectivity index is 1.63. The molecule has 146 valence electrons. The molecule has 1 N–H and O–H groups in total. The summed E-state index contributed by atoms with van der Waals surface area (Å²) < 4.78 is 7.96. The lowest BCUT2D eigenvalue weighted by molar-refractivity contribution is -0.136. The molecule has 0 bridgehead atoms. The molecule has 0 saturated heterocycles. The van der Waals surface area contributed by atoms with E-state index in [9.17, 15) is 9.90 Å². The molecule has 0 spiro atoms. The number of benzene rings is 3. The molecule has 0 unspecified atom stereocenters. The van der Waals surface area contributed by atoms with E-state index < -0.39 is 5.97 Å². The van der Waals surface area contributed by atoms with Crippen LogP contribution in [0.1, 0.15) is 11.1 Å². The van der Waals surface area contributed by atoms with Crippen LogP contribution >= 0.6 is 23.2 Å². The first kappa shape index (κ1) is 19.4. The molecule has 0 saturated carbocycles. The number of hydrogen-bond acceptors (Lipinski definition) is 2. The molecule has 0 fully saturated rings. The van der Waals surface area contributed by atoms with E-state index in [1.165, 1.54) is 0 Å². The third kappa shape index (κ3) is 4.39. The number of rotatable bonds is 6. The molecule has 0 aliphatic rings. The van der Waals surface area contributed by atoms with Crippen molar-refractivity contribution in [1.82, 2.24) is 4.57 Å². The minimum atomic E-state index is -0.846. The largest absolute Gasteiger partial charge is 0.481 e. The second-order valence-corrected chi connectivity index (χ2v) is 7.54. The van der Waals surface area contributed by atoms with Crippen LogP contribution in [-0.2, 0) is 17.8 Å². The van der Waals surface area contributed by atoms with Gasteiger partial charge in [-0.2, -0.15) is 0 Å². The summed E-state index contributed by atoms with van der Waals surface area (Å²) in [6.45, 7) is 0.584. The molecule has 0 aliphatic carbocycles. The van der Waals surface area contributed by atoms with Crippen LogP contribution in [-0.4, -0.2) is 15.6 Å². The average molecular weight is 426 g/mol. The first-order valence-electron chi connectivity index (χ1n) is 9.00. The molecule has 4 aromatic rings. The number of halogens is 2. The Morgan fingerprint density at radius 2 is 1.83 bits per heavy atom. The Morgan fingerprint density at radius 3 is 2.66 bits per heavy atom. The molecule has 0 atom stereocenters. The SMILES string of the molecule is O=C(O)Cc1cn(Cc2cccc(Oc3cc(Cl)ccc3Cl)c2)c2ccccc12. The summed E-state index contributed by atoms with van der Waals surface area (Å²) in [6, 6.07) is 20.6. The predicted molar refractivity (Wildman–Crippen MR) is 115 cm³/mol. The van der Waals surface area contributed by atoms with Gasteiger partial charge in [0.15, 0.2) is 0 Å². The minimum absolute atomic E-state index is 0.00999. The third-order valence-corrected chi connectivity index (χ3v) is 5.13. The number of carboxylic acids is 1. The highest BCUT2D eigenvalue weighted by molar-refractivity contribution is 6.34. The zero-order chi connectivity index (χ0) is 20.4. The quantitative estimate of drug-likeness (QED) is 0.387. The molecule has 0 amide bonds. The number of carbonyl (C=O) groups is 1. The van der Waals surface area contributed by atoms with Gasteiger partial charge in [0.2, 0.25) is 0 Å². The molecule has 1 aromatic heterocycles. The van der Waals surface area contributed by atoms with Crippen molar-refractivity contribution >= 4 is 40.1 Å². The topological polar surface area (TPSA) is 51.5 Å². The predicted octanol–water partition coefficient (Wildman–Crippen LogP) is 6.42. The van der Waals surface area contributed by atoms with Crippen molar-refractivity contribution in [3.05, 3.63) is 94.1 Å². The minimum Gasteiger partial charge on any atom is -0.481 e. The Labute approximate surface area is 177 Å². The molecular weight excluding hydrogens is 409 g/mol. The normalized spacial score (nSPS) is 11.0. The maximum Gasteiger partial charge on any atom is 0.307 e. The summed E-state index contributed by atoms with van der Waals surface area (Å²) in [7, 11) is 0. The second-order valence-electron chi connectivity index (χ2n) is 6.69. The second kappa shape index (κ2) is 8.19. The van der Waals surface area contributed by atoms with E-state index in [1.807, 2.05) is 54.7 Å². The van der Waals surface area contributed by atoms with Gasteiger partial charge in [-0.1, -0.05) is 53.5 Å². The number of nitrogens with zero attached hydrogens (tertiary/aromatic N) is 1. The van der Waals surface area contributed by atoms with Gasteiger partial charge in [-0.3, -0.25) is 4.79 Å². The van der Waals surface area contributed by atoms with Gasteiger partial charge in [-0.05, 0) is 41.5 Å². The zero-order valence-corrected chi connectivity index (χ0v) is 16.8. The van der Waals surface area contributed by atoms with Crippen molar-refractivity contribution in [2.45, 2.75) is 13.0 Å². The summed E-state index contributed by atoms with van der Waals surface area (Å²) in [5.41, 5.74) is 2.81. The van der Waals surface area contributed by atoms with Gasteiger partial charge in [-0.15, -0.1) is 0 Å². The molecule has 0 radical (unpaired) electrons. The van der Waals surface area contributed by atoms with Crippen LogP contribution in [0.2, 0.25) is 10.0 Å². The van der Waals surface area contributed by atoms with E-state index in [0.717, 1.165) is 22.0 Å². The highest BCUT2D eigenvalue weighted by atomic mass is 35.5. The van der Waals surface area contributed by atoms with Gasteiger partial charge in [0.1, 0.15) is 11.5 Å². The lowest BCUT2D eigenvalue weighted by Gasteiger charge is -2.10. The molecule has 6 heteroatoms. The zero-order valence-electron chi connectivity index (χ0n) is 15.3. The van der Waals surface area contributed by atoms with E-state index >= 15 is 0 Å². The summed E-state index contributed by atoms with van der Waals surface area (Å²) in [6.07, 6.45) is 1.89. The van der Waals surface area contributed by atoms with Crippen molar-refractivity contribution in [1.29, 1.82) is 0 Å². The van der Waals surface area contributed by atoms with Crippen LogP contribution in [0.5, 0.6) is 11.5 Å². The lowest BCUT2D eigenvalue weighted by atomic mass is 10.1. The Hall–Kier alpha value is -2.95. The van der Waals surface area contributed by atoms with Crippen LogP contribution in [0, 0.1) is 0 Å². The number of hydrogen-bond donors (Lipinski definition) is 1. The first-order chi connectivity index (χ1) is 14.0. The van der Waals surface area contributed by atoms with E-state index in [1.54, 1.807) is 18.2 Å². The highest BCUT2D eigenvalue weighted by Gasteiger charge is 2.12. The Morgan fingerprint density at radius 1 is 1.00 bits per heavy atom. The maximum atomic E-state index is 11.2.